The molecule has 118 valence electrons. The summed E-state index contributed by atoms with van der Waals surface area (Å²) in [4.78, 5) is 3.33. The van der Waals surface area contributed by atoms with Crippen molar-refractivity contribution in [3.63, 3.8) is 0 Å². The van der Waals surface area contributed by atoms with Gasteiger partial charge in [0, 0.05) is 35.8 Å². The van der Waals surface area contributed by atoms with Gasteiger partial charge in [-0.3, -0.25) is 0 Å². The molecule has 0 amide bonds. The maximum absolute atomic E-state index is 9.64. The zero-order chi connectivity index (χ0) is 15.8. The van der Waals surface area contributed by atoms with Crippen LogP contribution in [0.3, 0.4) is 0 Å². The first-order valence-corrected chi connectivity index (χ1v) is 7.94. The molecule has 0 spiro atoms. The van der Waals surface area contributed by atoms with Crippen LogP contribution in [0.25, 0.3) is 10.9 Å². The van der Waals surface area contributed by atoms with Crippen LogP contribution < -0.4 is 10.1 Å². The van der Waals surface area contributed by atoms with Crippen molar-refractivity contribution >= 4 is 16.6 Å². The first-order chi connectivity index (χ1) is 11.3. The summed E-state index contributed by atoms with van der Waals surface area (Å²) >= 11 is 0. The molecule has 0 bridgehead atoms. The van der Waals surface area contributed by atoms with Crippen molar-refractivity contribution in [2.45, 2.75) is 19.4 Å². The van der Waals surface area contributed by atoms with Crippen molar-refractivity contribution in [2.24, 2.45) is 0 Å². The average Bonchev–Trinajstić information content (AvgIpc) is 3.17. The highest BCUT2D eigenvalue weighted by Crippen LogP contribution is 2.43. The van der Waals surface area contributed by atoms with E-state index in [4.69, 9.17) is 4.74 Å². The SMILES string of the molecule is Cc1c[nH]c2c(OCc3ccccc3)cc3c(c12)C(CO)CN3. The Morgan fingerprint density at radius 3 is 2.87 bits per heavy atom. The van der Waals surface area contributed by atoms with Crippen molar-refractivity contribution in [1.82, 2.24) is 4.98 Å². The fourth-order valence-corrected chi connectivity index (χ4v) is 3.39. The van der Waals surface area contributed by atoms with Gasteiger partial charge in [-0.2, -0.15) is 0 Å². The van der Waals surface area contributed by atoms with Crippen LogP contribution in [0.5, 0.6) is 5.75 Å². The number of aromatic nitrogens is 1. The van der Waals surface area contributed by atoms with E-state index in [1.54, 1.807) is 0 Å². The molecule has 2 heterocycles. The minimum Gasteiger partial charge on any atom is -0.487 e. The highest BCUT2D eigenvalue weighted by molar-refractivity contribution is 5.97. The highest BCUT2D eigenvalue weighted by atomic mass is 16.5. The first-order valence-electron chi connectivity index (χ1n) is 7.94. The van der Waals surface area contributed by atoms with Crippen LogP contribution in [0.2, 0.25) is 0 Å². The Morgan fingerprint density at radius 1 is 1.26 bits per heavy atom. The number of hydrogen-bond acceptors (Lipinski definition) is 3. The molecule has 1 aliphatic rings. The lowest BCUT2D eigenvalue weighted by Gasteiger charge is -2.13. The van der Waals surface area contributed by atoms with Gasteiger partial charge in [0.2, 0.25) is 0 Å². The third-order valence-corrected chi connectivity index (χ3v) is 4.56. The van der Waals surface area contributed by atoms with E-state index in [1.165, 1.54) is 16.5 Å². The van der Waals surface area contributed by atoms with Crippen LogP contribution in [-0.2, 0) is 6.61 Å². The predicted octanol–water partition coefficient (Wildman–Crippen LogP) is 3.56. The lowest BCUT2D eigenvalue weighted by molar-refractivity contribution is 0.273. The van der Waals surface area contributed by atoms with E-state index < -0.39 is 0 Å². The zero-order valence-electron chi connectivity index (χ0n) is 13.1. The average molecular weight is 308 g/mol. The van der Waals surface area contributed by atoms with Gasteiger partial charge in [-0.25, -0.2) is 0 Å². The summed E-state index contributed by atoms with van der Waals surface area (Å²) in [5, 5.41) is 14.2. The van der Waals surface area contributed by atoms with Gasteiger partial charge in [0.05, 0.1) is 12.1 Å². The second-order valence-electron chi connectivity index (χ2n) is 6.09. The van der Waals surface area contributed by atoms with Crippen molar-refractivity contribution in [3.8, 4) is 5.75 Å². The molecular formula is C19H20N2O2. The standard InChI is InChI=1S/C19H20N2O2/c1-12-8-21-19-16(23-11-13-5-3-2-4-6-13)7-15-18(17(12)19)14(10-22)9-20-15/h2-8,14,20-22H,9-11H2,1H3. The summed E-state index contributed by atoms with van der Waals surface area (Å²) in [7, 11) is 0. The lowest BCUT2D eigenvalue weighted by Crippen LogP contribution is -2.06. The molecule has 0 radical (unpaired) electrons. The topological polar surface area (TPSA) is 57.3 Å². The van der Waals surface area contributed by atoms with Crippen LogP contribution >= 0.6 is 0 Å². The van der Waals surface area contributed by atoms with Gasteiger partial charge in [-0.15, -0.1) is 0 Å². The van der Waals surface area contributed by atoms with Gasteiger partial charge in [0.25, 0.3) is 0 Å². The van der Waals surface area contributed by atoms with Crippen LogP contribution in [0.15, 0.2) is 42.6 Å². The van der Waals surface area contributed by atoms with Crippen LogP contribution in [-0.4, -0.2) is 23.2 Å². The number of aryl methyl sites for hydroxylation is 1. The van der Waals surface area contributed by atoms with Gasteiger partial charge >= 0.3 is 0 Å². The number of anilines is 1. The summed E-state index contributed by atoms with van der Waals surface area (Å²) in [6.45, 7) is 3.56. The summed E-state index contributed by atoms with van der Waals surface area (Å²) in [6, 6.07) is 12.2. The van der Waals surface area contributed by atoms with Crippen LogP contribution in [0.1, 0.15) is 22.6 Å². The van der Waals surface area contributed by atoms with E-state index in [0.29, 0.717) is 6.61 Å². The number of aliphatic hydroxyl groups is 1. The van der Waals surface area contributed by atoms with Crippen molar-refractivity contribution in [1.29, 1.82) is 0 Å². The van der Waals surface area contributed by atoms with Crippen molar-refractivity contribution in [3.05, 3.63) is 59.3 Å². The molecule has 0 fully saturated rings. The van der Waals surface area contributed by atoms with Crippen LogP contribution in [0.4, 0.5) is 5.69 Å². The molecule has 0 saturated carbocycles. The van der Waals surface area contributed by atoms with Crippen molar-refractivity contribution < 1.29 is 9.84 Å². The Bertz CT molecular complexity index is 839. The minimum absolute atomic E-state index is 0.144. The van der Waals surface area contributed by atoms with Crippen LogP contribution in [0, 0.1) is 6.92 Å². The molecule has 2 aromatic carbocycles. The number of nitrogens with one attached hydrogen (secondary N) is 2. The summed E-state index contributed by atoms with van der Waals surface area (Å²) in [5.41, 5.74) is 5.61. The molecule has 1 aliphatic heterocycles. The molecule has 4 rings (SSSR count). The fraction of sp³-hybridized carbons (Fsp3) is 0.263. The van der Waals surface area contributed by atoms with E-state index in [-0.39, 0.29) is 12.5 Å². The number of ether oxygens (including phenoxy) is 1. The molecule has 23 heavy (non-hydrogen) atoms. The maximum atomic E-state index is 9.64. The molecule has 3 N–H and O–H groups in total. The third kappa shape index (κ3) is 2.35. The summed E-state index contributed by atoms with van der Waals surface area (Å²) in [6.07, 6.45) is 2.01. The molecule has 4 heteroatoms. The highest BCUT2D eigenvalue weighted by Gasteiger charge is 2.27. The largest absolute Gasteiger partial charge is 0.487 e. The third-order valence-electron chi connectivity index (χ3n) is 4.56. The number of hydrogen-bond donors (Lipinski definition) is 3. The van der Waals surface area contributed by atoms with E-state index in [2.05, 4.69) is 29.4 Å². The van der Waals surface area contributed by atoms with Crippen molar-refractivity contribution in [2.75, 3.05) is 18.5 Å². The first kappa shape index (κ1) is 14.2. The Hall–Kier alpha value is -2.46. The quantitative estimate of drug-likeness (QED) is 0.691. The summed E-state index contributed by atoms with van der Waals surface area (Å²) in [5.74, 6) is 0.993. The number of aliphatic hydroxyl groups excluding tert-OH is 1. The summed E-state index contributed by atoms with van der Waals surface area (Å²) < 4.78 is 6.08. The molecule has 4 nitrogen and oxygen atoms in total. The molecular weight excluding hydrogens is 288 g/mol. The number of fused-ring (bicyclic) bond motifs is 3. The normalized spacial score (nSPS) is 16.3. The molecule has 1 aromatic heterocycles. The number of benzene rings is 2. The fourth-order valence-electron chi connectivity index (χ4n) is 3.39. The van der Waals surface area contributed by atoms with Gasteiger partial charge in [-0.1, -0.05) is 30.3 Å². The minimum atomic E-state index is 0.144. The Morgan fingerprint density at radius 2 is 2.09 bits per heavy atom. The zero-order valence-corrected chi connectivity index (χ0v) is 13.1. The molecule has 0 saturated heterocycles. The number of aromatic amines is 1. The Labute approximate surface area is 135 Å². The maximum Gasteiger partial charge on any atom is 0.145 e. The van der Waals surface area contributed by atoms with Gasteiger partial charge in [0.15, 0.2) is 0 Å². The smallest absolute Gasteiger partial charge is 0.145 e. The van der Waals surface area contributed by atoms with E-state index in [0.717, 1.165) is 29.1 Å². The molecule has 1 unspecified atom stereocenters. The molecule has 0 aliphatic carbocycles. The second kappa shape index (κ2) is 5.63. The Kier molecular flexibility index (Phi) is 3.46. The van der Waals surface area contributed by atoms with Gasteiger partial charge < -0.3 is 20.1 Å². The number of H-pyrrole nitrogens is 1. The van der Waals surface area contributed by atoms with E-state index >= 15 is 0 Å². The predicted molar refractivity (Wildman–Crippen MR) is 92.1 cm³/mol. The van der Waals surface area contributed by atoms with Gasteiger partial charge in [0.1, 0.15) is 12.4 Å². The number of rotatable bonds is 4. The monoisotopic (exact) mass is 308 g/mol. The molecule has 3 aromatic rings. The lowest BCUT2D eigenvalue weighted by atomic mass is 9.96. The van der Waals surface area contributed by atoms with Gasteiger partial charge in [-0.05, 0) is 23.6 Å². The second-order valence-corrected chi connectivity index (χ2v) is 6.09. The van der Waals surface area contributed by atoms with E-state index in [1.807, 2.05) is 30.5 Å². The van der Waals surface area contributed by atoms with E-state index in [9.17, 15) is 5.11 Å². The molecule has 1 atom stereocenters. The Balaban J connectivity index is 1.75.